The summed E-state index contributed by atoms with van der Waals surface area (Å²) in [7, 11) is 2.05. The van der Waals surface area contributed by atoms with E-state index in [1.807, 2.05) is 0 Å². The molecule has 0 saturated heterocycles. The van der Waals surface area contributed by atoms with Gasteiger partial charge in [-0.05, 0) is 32.9 Å². The molecule has 7 nitrogen and oxygen atoms in total. The van der Waals surface area contributed by atoms with Gasteiger partial charge in [0, 0.05) is 24.2 Å². The maximum absolute atomic E-state index is 10.9. The zero-order chi connectivity index (χ0) is 16.9. The van der Waals surface area contributed by atoms with Gasteiger partial charge in [-0.1, -0.05) is 19.3 Å². The number of β-amino-alcohol motifs (C(OH)–C–C–N with tert-alkyl or cyclic N) is 1. The number of likely N-dealkylation sites (N-methyl/N-ethyl adjacent to an activating group) is 1. The Labute approximate surface area is 136 Å². The second kappa shape index (κ2) is 7.70. The smallest absolute Gasteiger partial charge is 0.290 e. The summed E-state index contributed by atoms with van der Waals surface area (Å²) >= 11 is 0. The normalized spacial score (nSPS) is 17.2. The highest BCUT2D eigenvalue weighted by Gasteiger charge is 2.35. The van der Waals surface area contributed by atoms with Crippen molar-refractivity contribution >= 4 is 11.5 Å². The summed E-state index contributed by atoms with van der Waals surface area (Å²) < 4.78 is 0. The molecular weight excluding hydrogens is 296 g/mol. The van der Waals surface area contributed by atoms with Gasteiger partial charge in [0.05, 0.1) is 11.5 Å². The first-order chi connectivity index (χ1) is 11.0. The highest BCUT2D eigenvalue weighted by atomic mass is 16.6. The molecule has 0 bridgehead atoms. The number of anilines is 1. The van der Waals surface area contributed by atoms with Gasteiger partial charge >= 0.3 is 0 Å². The van der Waals surface area contributed by atoms with Gasteiger partial charge in [0.2, 0.25) is 0 Å². The molecule has 1 heterocycles. The van der Waals surface area contributed by atoms with Crippen LogP contribution in [0.5, 0.6) is 0 Å². The van der Waals surface area contributed by atoms with Crippen molar-refractivity contribution in [3.63, 3.8) is 0 Å². The van der Waals surface area contributed by atoms with Crippen LogP contribution in [0.3, 0.4) is 0 Å². The molecule has 0 aliphatic heterocycles. The number of nitro groups is 1. The van der Waals surface area contributed by atoms with Crippen molar-refractivity contribution in [3.8, 4) is 0 Å². The number of nitrogens with zero attached hydrogens (tertiary/aromatic N) is 3. The lowest BCUT2D eigenvalue weighted by atomic mass is 9.80. The molecule has 1 saturated carbocycles. The quantitative estimate of drug-likeness (QED) is 0.591. The summed E-state index contributed by atoms with van der Waals surface area (Å²) in [6.07, 6.45) is 7.10. The minimum absolute atomic E-state index is 0.0122. The van der Waals surface area contributed by atoms with Crippen molar-refractivity contribution < 1.29 is 10.0 Å². The number of aliphatic hydroxyl groups excluding tert-OH is 1. The van der Waals surface area contributed by atoms with Crippen LogP contribution in [0.2, 0.25) is 0 Å². The third-order valence-electron chi connectivity index (χ3n) is 4.91. The van der Waals surface area contributed by atoms with E-state index in [0.29, 0.717) is 17.9 Å². The van der Waals surface area contributed by atoms with Crippen molar-refractivity contribution in [2.45, 2.75) is 44.6 Å². The summed E-state index contributed by atoms with van der Waals surface area (Å²) in [6, 6.07) is 1.72. The fourth-order valence-electron chi connectivity index (χ4n) is 3.38. The number of pyridine rings is 1. The number of rotatable bonds is 7. The topological polar surface area (TPSA) is 91.5 Å². The van der Waals surface area contributed by atoms with Gasteiger partial charge < -0.3 is 10.4 Å². The molecule has 0 radical (unpaired) electrons. The molecule has 0 unspecified atom stereocenters. The minimum Gasteiger partial charge on any atom is -0.395 e. The largest absolute Gasteiger partial charge is 0.395 e. The lowest BCUT2D eigenvalue weighted by Crippen LogP contribution is -2.53. The molecule has 7 heteroatoms. The van der Waals surface area contributed by atoms with Crippen LogP contribution in [-0.4, -0.2) is 52.2 Å². The summed E-state index contributed by atoms with van der Waals surface area (Å²) in [5.74, 6) is 0.662. The van der Waals surface area contributed by atoms with Crippen molar-refractivity contribution in [2.24, 2.45) is 0 Å². The van der Waals surface area contributed by atoms with Gasteiger partial charge in [-0.25, -0.2) is 4.98 Å². The first-order valence-electron chi connectivity index (χ1n) is 8.15. The monoisotopic (exact) mass is 322 g/mol. The fourth-order valence-corrected chi connectivity index (χ4v) is 3.38. The van der Waals surface area contributed by atoms with E-state index < -0.39 is 4.92 Å². The third-order valence-corrected chi connectivity index (χ3v) is 4.91. The van der Waals surface area contributed by atoms with Crippen molar-refractivity contribution in [1.82, 2.24) is 9.88 Å². The van der Waals surface area contributed by atoms with Gasteiger partial charge in [-0.3, -0.25) is 15.0 Å². The van der Waals surface area contributed by atoms with Crippen LogP contribution < -0.4 is 5.32 Å². The van der Waals surface area contributed by atoms with E-state index in [0.717, 1.165) is 19.4 Å². The number of nitrogens with one attached hydrogen (secondary N) is 1. The first kappa shape index (κ1) is 17.6. The Balaban J connectivity index is 2.09. The average molecular weight is 322 g/mol. The van der Waals surface area contributed by atoms with E-state index in [2.05, 4.69) is 22.2 Å². The Morgan fingerprint density at radius 2 is 2.13 bits per heavy atom. The average Bonchev–Trinajstić information content (AvgIpc) is 2.54. The maximum Gasteiger partial charge on any atom is 0.290 e. The van der Waals surface area contributed by atoms with Gasteiger partial charge in [-0.2, -0.15) is 0 Å². The van der Waals surface area contributed by atoms with Crippen LogP contribution >= 0.6 is 0 Å². The molecule has 0 atom stereocenters. The van der Waals surface area contributed by atoms with Crippen LogP contribution in [0, 0.1) is 17.0 Å². The molecule has 128 valence electrons. The van der Waals surface area contributed by atoms with Gasteiger partial charge in [-0.15, -0.1) is 0 Å². The molecule has 1 aromatic rings. The van der Waals surface area contributed by atoms with E-state index in [1.165, 1.54) is 25.5 Å². The Kier molecular flexibility index (Phi) is 5.90. The Hall–Kier alpha value is -1.73. The molecule has 23 heavy (non-hydrogen) atoms. The van der Waals surface area contributed by atoms with E-state index in [9.17, 15) is 15.2 Å². The van der Waals surface area contributed by atoms with E-state index in [4.69, 9.17) is 0 Å². The van der Waals surface area contributed by atoms with Crippen LogP contribution in [0.25, 0.3) is 0 Å². The maximum atomic E-state index is 10.9. The Bertz CT molecular complexity index is 544. The molecule has 0 aromatic carbocycles. The molecule has 1 aromatic heterocycles. The van der Waals surface area contributed by atoms with E-state index in [1.54, 1.807) is 13.0 Å². The number of aryl methyl sites for hydroxylation is 1. The van der Waals surface area contributed by atoms with Crippen molar-refractivity contribution in [1.29, 1.82) is 0 Å². The molecule has 2 N–H and O–H groups in total. The van der Waals surface area contributed by atoms with Crippen molar-refractivity contribution in [2.75, 3.05) is 32.1 Å². The Morgan fingerprint density at radius 3 is 2.70 bits per heavy atom. The molecule has 0 amide bonds. The predicted molar refractivity (Wildman–Crippen MR) is 89.6 cm³/mol. The molecule has 0 spiro atoms. The number of aliphatic hydroxyl groups is 1. The van der Waals surface area contributed by atoms with Crippen LogP contribution in [0.1, 0.15) is 37.7 Å². The van der Waals surface area contributed by atoms with E-state index >= 15 is 0 Å². The zero-order valence-corrected chi connectivity index (χ0v) is 13.9. The summed E-state index contributed by atoms with van der Waals surface area (Å²) in [5.41, 5.74) is 0.660. The first-order valence-corrected chi connectivity index (χ1v) is 8.15. The summed E-state index contributed by atoms with van der Waals surface area (Å²) in [5, 5.41) is 23.5. The highest BCUT2D eigenvalue weighted by Crippen LogP contribution is 2.33. The number of aromatic nitrogens is 1. The SMILES string of the molecule is Cc1cc(NCC2(N(C)CCO)CCCCC2)ncc1[N+](=O)[O-]. The standard InChI is InChI=1S/C16H26N4O3/c1-13-10-15(17-11-14(13)20(22)23)18-12-16(19(2)8-9-21)6-4-3-5-7-16/h10-11,21H,3-9,12H2,1-2H3,(H,17,18). The molecule has 1 aliphatic carbocycles. The zero-order valence-electron chi connectivity index (χ0n) is 13.9. The van der Waals surface area contributed by atoms with Crippen LogP contribution in [0.4, 0.5) is 11.5 Å². The fraction of sp³-hybridized carbons (Fsp3) is 0.688. The van der Waals surface area contributed by atoms with Crippen molar-refractivity contribution in [3.05, 3.63) is 27.9 Å². The summed E-state index contributed by atoms with van der Waals surface area (Å²) in [6.45, 7) is 3.24. The van der Waals surface area contributed by atoms with Crippen LogP contribution in [-0.2, 0) is 0 Å². The molecule has 1 aliphatic rings. The van der Waals surface area contributed by atoms with E-state index in [-0.39, 0.29) is 17.8 Å². The number of hydrogen-bond donors (Lipinski definition) is 2. The second-order valence-corrected chi connectivity index (χ2v) is 6.40. The molecule has 1 fully saturated rings. The van der Waals surface area contributed by atoms with Gasteiger partial charge in [0.1, 0.15) is 12.0 Å². The molecule has 2 rings (SSSR count). The lowest BCUT2D eigenvalue weighted by molar-refractivity contribution is -0.385. The second-order valence-electron chi connectivity index (χ2n) is 6.40. The Morgan fingerprint density at radius 1 is 1.43 bits per heavy atom. The van der Waals surface area contributed by atoms with Crippen LogP contribution in [0.15, 0.2) is 12.3 Å². The minimum atomic E-state index is -0.413. The predicted octanol–water partition coefficient (Wildman–Crippen LogP) is 2.34. The van der Waals surface area contributed by atoms with Gasteiger partial charge in [0.25, 0.3) is 5.69 Å². The number of hydrogen-bond acceptors (Lipinski definition) is 6. The molecular formula is C16H26N4O3. The summed E-state index contributed by atoms with van der Waals surface area (Å²) in [4.78, 5) is 16.8. The lowest BCUT2D eigenvalue weighted by Gasteiger charge is -2.45. The third kappa shape index (κ3) is 4.17. The highest BCUT2D eigenvalue weighted by molar-refractivity contribution is 5.47. The van der Waals surface area contributed by atoms with Gasteiger partial charge in [0.15, 0.2) is 0 Å².